The number of nitrogens with one attached hydrogen (secondary N) is 1. The lowest BCUT2D eigenvalue weighted by molar-refractivity contribution is -0.423. The highest BCUT2D eigenvalue weighted by atomic mass is 32.2. The molecule has 13 heavy (non-hydrogen) atoms. The predicted molar refractivity (Wildman–Crippen MR) is 56.9 cm³/mol. The molecule has 1 N–H and O–H groups in total. The number of fused-ring (bicyclic) bond motifs is 1. The SMILES string of the molecule is CCSc1[nH+]ccc2ccccc12. The molecule has 0 bridgehead atoms. The van der Waals surface area contributed by atoms with Crippen molar-refractivity contribution in [1.82, 2.24) is 0 Å². The molecule has 2 rings (SSSR count). The summed E-state index contributed by atoms with van der Waals surface area (Å²) in [5.74, 6) is 1.10. The predicted octanol–water partition coefficient (Wildman–Crippen LogP) is 2.77. The van der Waals surface area contributed by atoms with Crippen LogP contribution in [-0.2, 0) is 0 Å². The Bertz CT molecular complexity index is 406. The molecule has 0 aliphatic heterocycles. The van der Waals surface area contributed by atoms with E-state index >= 15 is 0 Å². The number of pyridine rings is 1. The molecule has 1 aromatic carbocycles. The number of hydrogen-bond acceptors (Lipinski definition) is 1. The van der Waals surface area contributed by atoms with E-state index in [0.717, 1.165) is 5.75 Å². The molecule has 0 saturated carbocycles. The first-order chi connectivity index (χ1) is 6.42. The zero-order valence-electron chi connectivity index (χ0n) is 7.58. The summed E-state index contributed by atoms with van der Waals surface area (Å²) >= 11 is 1.85. The molecule has 0 aliphatic rings. The molecule has 0 unspecified atom stereocenters. The van der Waals surface area contributed by atoms with E-state index in [2.05, 4.69) is 42.2 Å². The summed E-state index contributed by atoms with van der Waals surface area (Å²) in [5.41, 5.74) is 0. The van der Waals surface area contributed by atoms with E-state index in [4.69, 9.17) is 0 Å². The van der Waals surface area contributed by atoms with Crippen LogP contribution in [0.15, 0.2) is 41.6 Å². The Morgan fingerprint density at radius 1 is 1.23 bits per heavy atom. The first kappa shape index (κ1) is 8.57. The number of H-pyrrole nitrogens is 1. The van der Waals surface area contributed by atoms with Crippen molar-refractivity contribution in [3.63, 3.8) is 0 Å². The Balaban J connectivity index is 2.61. The van der Waals surface area contributed by atoms with E-state index in [9.17, 15) is 0 Å². The second-order valence-electron chi connectivity index (χ2n) is 2.83. The topological polar surface area (TPSA) is 14.1 Å². The maximum atomic E-state index is 3.28. The molecule has 0 saturated heterocycles. The van der Waals surface area contributed by atoms with Gasteiger partial charge < -0.3 is 0 Å². The van der Waals surface area contributed by atoms with Gasteiger partial charge in [-0.3, -0.25) is 0 Å². The van der Waals surface area contributed by atoms with Gasteiger partial charge in [0.25, 0.3) is 0 Å². The Morgan fingerprint density at radius 3 is 2.92 bits per heavy atom. The second kappa shape index (κ2) is 3.79. The maximum absolute atomic E-state index is 3.28. The molecule has 2 aromatic rings. The standard InChI is InChI=1S/C11H11NS/c1-2-13-11-10-6-4-3-5-9(10)7-8-12-11/h3-8H,2H2,1H3/p+1. The Morgan fingerprint density at radius 2 is 2.08 bits per heavy atom. The number of thioether (sulfide) groups is 1. The van der Waals surface area contributed by atoms with Crippen LogP contribution in [0.4, 0.5) is 0 Å². The van der Waals surface area contributed by atoms with Gasteiger partial charge in [-0.2, -0.15) is 0 Å². The number of aromatic nitrogens is 1. The molecule has 0 fully saturated rings. The van der Waals surface area contributed by atoms with E-state index in [-0.39, 0.29) is 0 Å². The summed E-state index contributed by atoms with van der Waals surface area (Å²) in [5, 5.41) is 3.88. The summed E-state index contributed by atoms with van der Waals surface area (Å²) in [6, 6.07) is 10.6. The third-order valence-corrected chi connectivity index (χ3v) is 2.89. The second-order valence-corrected chi connectivity index (χ2v) is 4.10. The molecule has 0 spiro atoms. The van der Waals surface area contributed by atoms with Gasteiger partial charge in [0.15, 0.2) is 6.20 Å². The van der Waals surface area contributed by atoms with Crippen LogP contribution in [0.5, 0.6) is 0 Å². The summed E-state index contributed by atoms with van der Waals surface area (Å²) in [7, 11) is 0. The lowest BCUT2D eigenvalue weighted by atomic mass is 10.2. The molecule has 66 valence electrons. The van der Waals surface area contributed by atoms with Crippen LogP contribution in [0.25, 0.3) is 10.8 Å². The first-order valence-corrected chi connectivity index (χ1v) is 5.42. The van der Waals surface area contributed by atoms with Crippen LogP contribution >= 0.6 is 11.8 Å². The molecule has 1 heterocycles. The minimum atomic E-state index is 1.10. The highest BCUT2D eigenvalue weighted by molar-refractivity contribution is 7.99. The molecule has 0 atom stereocenters. The van der Waals surface area contributed by atoms with Gasteiger partial charge in [-0.15, -0.1) is 0 Å². The fourth-order valence-corrected chi connectivity index (χ4v) is 2.18. The lowest BCUT2D eigenvalue weighted by Gasteiger charge is -1.97. The van der Waals surface area contributed by atoms with Crippen molar-refractivity contribution in [3.05, 3.63) is 36.5 Å². The lowest BCUT2D eigenvalue weighted by Crippen LogP contribution is -2.04. The van der Waals surface area contributed by atoms with Crippen LogP contribution in [0.1, 0.15) is 6.92 Å². The van der Waals surface area contributed by atoms with Crippen LogP contribution < -0.4 is 4.98 Å². The van der Waals surface area contributed by atoms with Crippen molar-refractivity contribution in [2.24, 2.45) is 0 Å². The van der Waals surface area contributed by atoms with Crippen LogP contribution in [0, 0.1) is 0 Å². The number of rotatable bonds is 2. The first-order valence-electron chi connectivity index (χ1n) is 4.44. The van der Waals surface area contributed by atoms with Gasteiger partial charge in [0.1, 0.15) is 0 Å². The van der Waals surface area contributed by atoms with E-state index in [1.165, 1.54) is 15.8 Å². The van der Waals surface area contributed by atoms with Crippen molar-refractivity contribution < 1.29 is 4.98 Å². The minimum absolute atomic E-state index is 1.10. The van der Waals surface area contributed by atoms with Gasteiger partial charge in [-0.25, -0.2) is 4.98 Å². The van der Waals surface area contributed by atoms with Crippen LogP contribution in [0.3, 0.4) is 0 Å². The van der Waals surface area contributed by atoms with Gasteiger partial charge in [0, 0.05) is 11.8 Å². The highest BCUT2D eigenvalue weighted by Gasteiger charge is 2.05. The Labute approximate surface area is 82.2 Å². The monoisotopic (exact) mass is 190 g/mol. The average Bonchev–Trinajstić information content (AvgIpc) is 2.19. The van der Waals surface area contributed by atoms with E-state index < -0.39 is 0 Å². The third kappa shape index (κ3) is 1.68. The van der Waals surface area contributed by atoms with Crippen molar-refractivity contribution in [2.75, 3.05) is 5.75 Å². The summed E-state index contributed by atoms with van der Waals surface area (Å²) < 4.78 is 0. The summed E-state index contributed by atoms with van der Waals surface area (Å²) in [6.45, 7) is 2.17. The highest BCUT2D eigenvalue weighted by Crippen LogP contribution is 2.22. The van der Waals surface area contributed by atoms with Crippen LogP contribution in [-0.4, -0.2) is 5.75 Å². The molecular weight excluding hydrogens is 178 g/mol. The Hall–Kier alpha value is -1.02. The molecule has 0 radical (unpaired) electrons. The molecule has 0 aliphatic carbocycles. The number of hydrogen-bond donors (Lipinski definition) is 0. The van der Waals surface area contributed by atoms with E-state index in [0.29, 0.717) is 0 Å². The zero-order valence-corrected chi connectivity index (χ0v) is 8.40. The average molecular weight is 190 g/mol. The van der Waals surface area contributed by atoms with Gasteiger partial charge >= 0.3 is 0 Å². The van der Waals surface area contributed by atoms with Gasteiger partial charge in [-0.1, -0.05) is 36.9 Å². The largest absolute Gasteiger partial charge is 0.246 e. The van der Waals surface area contributed by atoms with E-state index in [1.54, 1.807) is 0 Å². The van der Waals surface area contributed by atoms with E-state index in [1.807, 2.05) is 18.0 Å². The summed E-state index contributed by atoms with van der Waals surface area (Å²) in [4.78, 5) is 3.28. The quantitative estimate of drug-likeness (QED) is 0.664. The minimum Gasteiger partial charge on any atom is -0.205 e. The van der Waals surface area contributed by atoms with Crippen LogP contribution in [0.2, 0.25) is 0 Å². The van der Waals surface area contributed by atoms with Gasteiger partial charge in [-0.05, 0) is 11.5 Å². The molecule has 0 amide bonds. The van der Waals surface area contributed by atoms with Crippen molar-refractivity contribution in [1.29, 1.82) is 0 Å². The maximum Gasteiger partial charge on any atom is 0.246 e. The molecular formula is C11H12NS+. The smallest absolute Gasteiger partial charge is 0.205 e. The van der Waals surface area contributed by atoms with Crippen molar-refractivity contribution in [3.8, 4) is 0 Å². The normalized spacial score (nSPS) is 10.5. The summed E-state index contributed by atoms with van der Waals surface area (Å²) in [6.07, 6.45) is 2.00. The fourth-order valence-electron chi connectivity index (χ4n) is 1.40. The van der Waals surface area contributed by atoms with Crippen molar-refractivity contribution in [2.45, 2.75) is 11.9 Å². The van der Waals surface area contributed by atoms with Gasteiger partial charge in [0.2, 0.25) is 5.03 Å². The number of aromatic amines is 1. The van der Waals surface area contributed by atoms with Gasteiger partial charge in [0.05, 0.1) is 5.39 Å². The molecule has 1 aromatic heterocycles. The number of benzene rings is 1. The fraction of sp³-hybridized carbons (Fsp3) is 0.182. The molecule has 1 nitrogen and oxygen atoms in total. The zero-order chi connectivity index (χ0) is 9.10. The molecule has 2 heteroatoms. The Kier molecular flexibility index (Phi) is 2.50. The third-order valence-electron chi connectivity index (χ3n) is 1.97. The van der Waals surface area contributed by atoms with Crippen molar-refractivity contribution >= 4 is 22.5 Å².